The van der Waals surface area contributed by atoms with Gasteiger partial charge in [0.2, 0.25) is 5.82 Å². The fraction of sp³-hybridized carbons (Fsp3) is 0.111. The highest BCUT2D eigenvalue weighted by Crippen LogP contribution is 2.25. The third kappa shape index (κ3) is 3.94. The van der Waals surface area contributed by atoms with E-state index in [1.807, 2.05) is 0 Å². The van der Waals surface area contributed by atoms with Gasteiger partial charge in [-0.2, -0.15) is 4.98 Å². The highest BCUT2D eigenvalue weighted by Gasteiger charge is 2.28. The lowest BCUT2D eigenvalue weighted by molar-refractivity contribution is 0.173. The van der Waals surface area contributed by atoms with Crippen LogP contribution < -0.4 is 5.73 Å². The molecule has 0 bridgehead atoms. The summed E-state index contributed by atoms with van der Waals surface area (Å²) in [6, 6.07) is 12.3. The van der Waals surface area contributed by atoms with Gasteiger partial charge in [-0.25, -0.2) is 17.5 Å². The van der Waals surface area contributed by atoms with Gasteiger partial charge in [-0.1, -0.05) is 29.4 Å². The molecule has 3 aromatic rings. The van der Waals surface area contributed by atoms with Gasteiger partial charge in [0.05, 0.1) is 4.90 Å². The number of amidine groups is 1. The molecule has 2 aromatic carbocycles. The first-order valence-corrected chi connectivity index (χ1v) is 9.82. The number of sulfonamides is 1. The van der Waals surface area contributed by atoms with E-state index in [1.54, 1.807) is 30.3 Å². The number of nitrogens with one attached hydrogen (secondary N) is 1. The Morgan fingerprint density at radius 1 is 1.21 bits per heavy atom. The van der Waals surface area contributed by atoms with Crippen LogP contribution in [0, 0.1) is 5.41 Å². The van der Waals surface area contributed by atoms with E-state index in [-0.39, 0.29) is 29.0 Å². The maximum atomic E-state index is 12.6. The van der Waals surface area contributed by atoms with E-state index >= 15 is 0 Å². The first kappa shape index (κ1) is 20.0. The number of carbonyl (C=O) groups is 1. The number of aromatic nitrogens is 2. The molecule has 0 saturated carbocycles. The number of hydrogen-bond donors (Lipinski definition) is 3. The molecule has 3 rings (SSSR count). The Balaban J connectivity index is 1.94. The zero-order chi connectivity index (χ0) is 21.2. The molecular weight excluding hydrogens is 398 g/mol. The molecule has 0 spiro atoms. The van der Waals surface area contributed by atoms with Crippen LogP contribution in [0.2, 0.25) is 0 Å². The van der Waals surface area contributed by atoms with Crippen molar-refractivity contribution in [3.8, 4) is 22.8 Å². The van der Waals surface area contributed by atoms with Crippen LogP contribution in [0.4, 0.5) is 4.79 Å². The van der Waals surface area contributed by atoms with E-state index < -0.39 is 16.1 Å². The van der Waals surface area contributed by atoms with Crippen molar-refractivity contribution >= 4 is 22.0 Å². The van der Waals surface area contributed by atoms with Crippen molar-refractivity contribution < 1.29 is 22.8 Å². The normalized spacial score (nSPS) is 11.2. The number of nitrogens with zero attached hydrogens (tertiary/aromatic N) is 3. The van der Waals surface area contributed by atoms with Gasteiger partial charge in [0.25, 0.3) is 15.9 Å². The highest BCUT2D eigenvalue weighted by atomic mass is 32.2. The predicted molar refractivity (Wildman–Crippen MR) is 104 cm³/mol. The van der Waals surface area contributed by atoms with E-state index in [4.69, 9.17) is 20.8 Å². The van der Waals surface area contributed by atoms with Crippen molar-refractivity contribution in [1.29, 1.82) is 5.41 Å². The molecule has 0 saturated heterocycles. The minimum absolute atomic E-state index is 0.0664. The largest absolute Gasteiger partial charge is 0.464 e. The summed E-state index contributed by atoms with van der Waals surface area (Å²) in [6.07, 6.45) is -1.56. The monoisotopic (exact) mass is 415 g/mol. The standard InChI is InChI=1S/C18H17N5O5S/c1-2-23(18(24)25)29(26,27)14-5-3-4-13(10-14)16-21-17(28-22-16)12-8-6-11(7-9-12)15(19)20/h3-10H,2H2,1H3,(H3,19,20)(H,24,25). The molecule has 0 aliphatic heterocycles. The molecule has 0 atom stereocenters. The van der Waals surface area contributed by atoms with Crippen LogP contribution >= 0.6 is 0 Å². The summed E-state index contributed by atoms with van der Waals surface area (Å²) < 4.78 is 30.7. The first-order chi connectivity index (χ1) is 13.7. The van der Waals surface area contributed by atoms with E-state index in [1.165, 1.54) is 25.1 Å². The molecule has 1 aromatic heterocycles. The van der Waals surface area contributed by atoms with Gasteiger partial charge >= 0.3 is 6.09 Å². The van der Waals surface area contributed by atoms with Crippen molar-refractivity contribution in [1.82, 2.24) is 14.4 Å². The second kappa shape index (κ2) is 7.72. The lowest BCUT2D eigenvalue weighted by Crippen LogP contribution is -2.35. The van der Waals surface area contributed by atoms with Gasteiger partial charge in [-0.05, 0) is 31.2 Å². The molecule has 4 N–H and O–H groups in total. The Kier molecular flexibility index (Phi) is 5.33. The van der Waals surface area contributed by atoms with Gasteiger partial charge in [0.1, 0.15) is 5.84 Å². The van der Waals surface area contributed by atoms with Crippen LogP contribution in [0.15, 0.2) is 57.9 Å². The van der Waals surface area contributed by atoms with Crippen LogP contribution in [-0.2, 0) is 10.0 Å². The number of benzene rings is 2. The van der Waals surface area contributed by atoms with Crippen LogP contribution in [0.3, 0.4) is 0 Å². The van der Waals surface area contributed by atoms with Gasteiger partial charge < -0.3 is 15.4 Å². The lowest BCUT2D eigenvalue weighted by Gasteiger charge is -2.17. The molecule has 0 fully saturated rings. The average molecular weight is 415 g/mol. The van der Waals surface area contributed by atoms with Crippen molar-refractivity contribution in [3.63, 3.8) is 0 Å². The molecule has 0 unspecified atom stereocenters. The third-order valence-electron chi connectivity index (χ3n) is 4.05. The third-order valence-corrected chi connectivity index (χ3v) is 5.89. The van der Waals surface area contributed by atoms with Crippen molar-refractivity contribution in [2.75, 3.05) is 6.54 Å². The number of rotatable bonds is 6. The molecule has 1 amide bonds. The van der Waals surface area contributed by atoms with Gasteiger partial charge in [0, 0.05) is 23.2 Å². The maximum absolute atomic E-state index is 12.6. The first-order valence-electron chi connectivity index (χ1n) is 8.38. The second-order valence-corrected chi connectivity index (χ2v) is 7.76. The van der Waals surface area contributed by atoms with E-state index in [2.05, 4.69) is 10.1 Å². The Morgan fingerprint density at radius 3 is 2.48 bits per heavy atom. The van der Waals surface area contributed by atoms with E-state index in [9.17, 15) is 13.2 Å². The molecule has 1 heterocycles. The highest BCUT2D eigenvalue weighted by molar-refractivity contribution is 7.89. The summed E-state index contributed by atoms with van der Waals surface area (Å²) in [4.78, 5) is 15.3. The van der Waals surface area contributed by atoms with E-state index in [0.29, 0.717) is 21.0 Å². The topological polar surface area (TPSA) is 163 Å². The quantitative estimate of drug-likeness (QED) is 0.408. The predicted octanol–water partition coefficient (Wildman–Crippen LogP) is 2.38. The Bertz CT molecular complexity index is 1170. The minimum Gasteiger partial charge on any atom is -0.464 e. The molecular formula is C18H17N5O5S. The number of hydrogen-bond acceptors (Lipinski definition) is 7. The van der Waals surface area contributed by atoms with Crippen LogP contribution in [0.1, 0.15) is 12.5 Å². The summed E-state index contributed by atoms with van der Waals surface area (Å²) in [5.41, 5.74) is 6.92. The second-order valence-electron chi connectivity index (χ2n) is 5.89. The van der Waals surface area contributed by atoms with Crippen LogP contribution in [0.25, 0.3) is 22.8 Å². The number of amides is 1. The molecule has 11 heteroatoms. The van der Waals surface area contributed by atoms with Gasteiger partial charge in [-0.3, -0.25) is 5.41 Å². The fourth-order valence-corrected chi connectivity index (χ4v) is 3.91. The fourth-order valence-electron chi connectivity index (χ4n) is 2.58. The maximum Gasteiger partial charge on any atom is 0.421 e. The average Bonchev–Trinajstić information content (AvgIpc) is 3.18. The zero-order valence-corrected chi connectivity index (χ0v) is 16.0. The number of nitrogens with two attached hydrogens (primary N) is 1. The summed E-state index contributed by atoms with van der Waals surface area (Å²) >= 11 is 0. The number of nitrogen functional groups attached to an aromatic ring is 1. The molecule has 0 radical (unpaired) electrons. The van der Waals surface area contributed by atoms with Crippen molar-refractivity contribution in [2.24, 2.45) is 5.73 Å². The van der Waals surface area contributed by atoms with Gasteiger partial charge in [0.15, 0.2) is 0 Å². The van der Waals surface area contributed by atoms with Crippen molar-refractivity contribution in [2.45, 2.75) is 11.8 Å². The van der Waals surface area contributed by atoms with E-state index in [0.717, 1.165) is 0 Å². The number of carboxylic acid groups (broad SMARTS) is 1. The SMILES string of the molecule is CCN(C(=O)O)S(=O)(=O)c1cccc(-c2noc(-c3ccc(C(=N)N)cc3)n2)c1. The molecule has 29 heavy (non-hydrogen) atoms. The Hall–Kier alpha value is -3.73. The summed E-state index contributed by atoms with van der Waals surface area (Å²) in [5.74, 6) is 0.276. The van der Waals surface area contributed by atoms with Gasteiger partial charge in [-0.15, -0.1) is 0 Å². The van der Waals surface area contributed by atoms with Crippen LogP contribution in [-0.4, -0.2) is 46.4 Å². The van der Waals surface area contributed by atoms with Crippen LogP contribution in [0.5, 0.6) is 0 Å². The Morgan fingerprint density at radius 2 is 1.90 bits per heavy atom. The summed E-state index contributed by atoms with van der Waals surface area (Å²) in [7, 11) is -4.22. The Labute approximate surface area is 166 Å². The molecule has 0 aliphatic rings. The minimum atomic E-state index is -4.22. The molecule has 150 valence electrons. The molecule has 0 aliphatic carbocycles. The lowest BCUT2D eigenvalue weighted by atomic mass is 10.1. The molecule has 10 nitrogen and oxygen atoms in total. The van der Waals surface area contributed by atoms with Crippen molar-refractivity contribution in [3.05, 3.63) is 54.1 Å². The summed E-state index contributed by atoms with van der Waals surface area (Å²) in [5, 5.41) is 20.4. The zero-order valence-electron chi connectivity index (χ0n) is 15.2. The summed E-state index contributed by atoms with van der Waals surface area (Å²) in [6.45, 7) is 1.21. The smallest absolute Gasteiger partial charge is 0.421 e.